The van der Waals surface area contributed by atoms with Crippen LogP contribution in [0.4, 0.5) is 0 Å². The highest BCUT2D eigenvalue weighted by molar-refractivity contribution is 7.89. The lowest BCUT2D eigenvalue weighted by Crippen LogP contribution is -2.42. The van der Waals surface area contributed by atoms with Gasteiger partial charge in [-0.15, -0.1) is 0 Å². The molecule has 0 aromatic heterocycles. The molecule has 0 aliphatic rings. The number of carbonyl (C=O) groups is 1. The minimum absolute atomic E-state index is 0.354. The average molecular weight is 267 g/mol. The Balaban J connectivity index is 4.26. The molecule has 0 aliphatic carbocycles. The molecule has 17 heavy (non-hydrogen) atoms. The second-order valence-corrected chi connectivity index (χ2v) is 6.32. The molecule has 0 saturated carbocycles. The Kier molecular flexibility index (Phi) is 6.61. The molecule has 102 valence electrons. The van der Waals surface area contributed by atoms with Crippen molar-refractivity contribution >= 4 is 16.0 Å². The number of carboxylic acid groups (broad SMARTS) is 1. The molecule has 0 rings (SSSR count). The second kappa shape index (κ2) is 6.90. The number of rotatable bonds is 8. The predicted molar refractivity (Wildman–Crippen MR) is 65.2 cm³/mol. The van der Waals surface area contributed by atoms with E-state index in [4.69, 9.17) is 10.8 Å². The summed E-state index contributed by atoms with van der Waals surface area (Å²) >= 11 is 0. The summed E-state index contributed by atoms with van der Waals surface area (Å²) in [6, 6.07) is -1.38. The minimum Gasteiger partial charge on any atom is -0.480 e. The zero-order valence-corrected chi connectivity index (χ0v) is 11.3. The molecule has 1 atom stereocenters. The van der Waals surface area contributed by atoms with Crippen LogP contribution in [0, 0.1) is 0 Å². The largest absolute Gasteiger partial charge is 0.480 e. The van der Waals surface area contributed by atoms with Crippen LogP contribution < -0.4 is 5.73 Å². The van der Waals surface area contributed by atoms with Gasteiger partial charge in [-0.05, 0) is 27.1 Å². The van der Waals surface area contributed by atoms with Crippen molar-refractivity contribution in [3.63, 3.8) is 0 Å². The van der Waals surface area contributed by atoms with E-state index in [1.165, 1.54) is 7.05 Å². The highest BCUT2D eigenvalue weighted by Gasteiger charge is 2.24. The van der Waals surface area contributed by atoms with Crippen molar-refractivity contribution in [3.05, 3.63) is 0 Å². The maximum Gasteiger partial charge on any atom is 0.321 e. The summed E-state index contributed by atoms with van der Waals surface area (Å²) in [5.41, 5.74) is 5.20. The van der Waals surface area contributed by atoms with Crippen molar-refractivity contribution in [2.24, 2.45) is 5.73 Å². The van der Waals surface area contributed by atoms with Crippen molar-refractivity contribution in [1.82, 2.24) is 9.21 Å². The molecule has 0 amide bonds. The molecule has 0 aromatic carbocycles. The van der Waals surface area contributed by atoms with Gasteiger partial charge in [0.2, 0.25) is 10.0 Å². The summed E-state index contributed by atoms with van der Waals surface area (Å²) in [5, 5.41) is 8.56. The van der Waals surface area contributed by atoms with Crippen molar-refractivity contribution < 1.29 is 18.3 Å². The number of hydrogen-bond acceptors (Lipinski definition) is 5. The topological polar surface area (TPSA) is 104 Å². The Morgan fingerprint density at radius 3 is 2.24 bits per heavy atom. The standard InChI is InChI=1S/C9H21N3O4S/c1-11(2)5-4-6-12(3)17(15,16)7-8(10)9(13)14/h8H,4-7,10H2,1-3H3,(H,13,14)/t8-/m0/s1. The lowest BCUT2D eigenvalue weighted by atomic mass is 10.4. The Morgan fingerprint density at radius 1 is 1.29 bits per heavy atom. The van der Waals surface area contributed by atoms with Crippen LogP contribution in [-0.4, -0.2) is 74.7 Å². The van der Waals surface area contributed by atoms with Crippen LogP contribution in [0.3, 0.4) is 0 Å². The Bertz CT molecular complexity index is 342. The lowest BCUT2D eigenvalue weighted by molar-refractivity contribution is -0.137. The molecule has 0 radical (unpaired) electrons. The summed E-state index contributed by atoms with van der Waals surface area (Å²) in [5.74, 6) is -1.88. The van der Waals surface area contributed by atoms with Gasteiger partial charge in [0, 0.05) is 13.6 Å². The van der Waals surface area contributed by atoms with E-state index in [9.17, 15) is 13.2 Å². The summed E-state index contributed by atoms with van der Waals surface area (Å²) in [7, 11) is 1.63. The Labute approximate surface area is 102 Å². The maximum atomic E-state index is 11.7. The molecule has 0 bridgehead atoms. The van der Waals surface area contributed by atoms with Gasteiger partial charge in [0.1, 0.15) is 6.04 Å². The normalized spacial score (nSPS) is 14.2. The molecule has 0 aromatic rings. The number of nitrogens with two attached hydrogens (primary N) is 1. The fraction of sp³-hybridized carbons (Fsp3) is 0.889. The first kappa shape index (κ1) is 16.3. The molecule has 0 aliphatic heterocycles. The van der Waals surface area contributed by atoms with E-state index in [-0.39, 0.29) is 0 Å². The Hall–Kier alpha value is -0.700. The van der Waals surface area contributed by atoms with Crippen molar-refractivity contribution in [3.8, 4) is 0 Å². The smallest absolute Gasteiger partial charge is 0.321 e. The number of nitrogens with zero attached hydrogens (tertiary/aromatic N) is 2. The van der Waals surface area contributed by atoms with E-state index >= 15 is 0 Å². The highest BCUT2D eigenvalue weighted by atomic mass is 32.2. The molecule has 0 fully saturated rings. The van der Waals surface area contributed by atoms with E-state index in [1.54, 1.807) is 0 Å². The third kappa shape index (κ3) is 6.57. The summed E-state index contributed by atoms with van der Waals surface area (Å²) in [6.07, 6.45) is 0.686. The van der Waals surface area contributed by atoms with E-state index in [0.29, 0.717) is 13.0 Å². The molecule has 0 spiro atoms. The lowest BCUT2D eigenvalue weighted by Gasteiger charge is -2.19. The number of aliphatic carboxylic acids is 1. The second-order valence-electron chi connectivity index (χ2n) is 4.20. The SMILES string of the molecule is CN(C)CCCN(C)S(=O)(=O)C[C@H](N)C(=O)O. The minimum atomic E-state index is -3.59. The fourth-order valence-electron chi connectivity index (χ4n) is 1.17. The van der Waals surface area contributed by atoms with Gasteiger partial charge in [-0.2, -0.15) is 0 Å². The van der Waals surface area contributed by atoms with Crippen LogP contribution in [-0.2, 0) is 14.8 Å². The third-order valence-corrected chi connectivity index (χ3v) is 4.17. The van der Waals surface area contributed by atoms with E-state index in [2.05, 4.69) is 0 Å². The van der Waals surface area contributed by atoms with Crippen LogP contribution in [0.25, 0.3) is 0 Å². The van der Waals surface area contributed by atoms with Gasteiger partial charge < -0.3 is 15.7 Å². The van der Waals surface area contributed by atoms with Gasteiger partial charge in [0.25, 0.3) is 0 Å². The molecule has 7 nitrogen and oxygen atoms in total. The number of carboxylic acids is 1. The first-order valence-electron chi connectivity index (χ1n) is 5.24. The molecule has 0 saturated heterocycles. The van der Waals surface area contributed by atoms with Gasteiger partial charge in [0.05, 0.1) is 5.75 Å². The van der Waals surface area contributed by atoms with Crippen molar-refractivity contribution in [1.29, 1.82) is 0 Å². The van der Waals surface area contributed by atoms with Crippen LogP contribution >= 0.6 is 0 Å². The molecule has 0 unspecified atom stereocenters. The quantitative estimate of drug-likeness (QED) is 0.561. The zero-order valence-electron chi connectivity index (χ0n) is 10.5. The molecular formula is C9H21N3O4S. The monoisotopic (exact) mass is 267 g/mol. The van der Waals surface area contributed by atoms with Crippen LogP contribution in [0.15, 0.2) is 0 Å². The molecular weight excluding hydrogens is 246 g/mol. The number of sulfonamides is 1. The summed E-state index contributed by atoms with van der Waals surface area (Å²) in [4.78, 5) is 12.4. The molecule has 8 heteroatoms. The van der Waals surface area contributed by atoms with Crippen LogP contribution in [0.5, 0.6) is 0 Å². The summed E-state index contributed by atoms with van der Waals surface area (Å²) < 4.78 is 24.5. The van der Waals surface area contributed by atoms with Gasteiger partial charge >= 0.3 is 5.97 Å². The third-order valence-electron chi connectivity index (χ3n) is 2.26. The molecule has 0 heterocycles. The van der Waals surface area contributed by atoms with Crippen LogP contribution in [0.1, 0.15) is 6.42 Å². The van der Waals surface area contributed by atoms with Crippen LogP contribution in [0.2, 0.25) is 0 Å². The van der Waals surface area contributed by atoms with Crippen molar-refractivity contribution in [2.45, 2.75) is 12.5 Å². The molecule has 3 N–H and O–H groups in total. The maximum absolute atomic E-state index is 11.7. The summed E-state index contributed by atoms with van der Waals surface area (Å²) in [6.45, 7) is 1.12. The van der Waals surface area contributed by atoms with E-state index in [0.717, 1.165) is 10.8 Å². The van der Waals surface area contributed by atoms with E-state index in [1.807, 2.05) is 19.0 Å². The Morgan fingerprint density at radius 2 is 1.82 bits per heavy atom. The van der Waals surface area contributed by atoms with Gasteiger partial charge in [0.15, 0.2) is 0 Å². The van der Waals surface area contributed by atoms with Crippen molar-refractivity contribution in [2.75, 3.05) is 40.0 Å². The highest BCUT2D eigenvalue weighted by Crippen LogP contribution is 2.01. The first-order valence-corrected chi connectivity index (χ1v) is 6.85. The van der Waals surface area contributed by atoms with Gasteiger partial charge in [-0.25, -0.2) is 12.7 Å². The van der Waals surface area contributed by atoms with Gasteiger partial charge in [-0.1, -0.05) is 0 Å². The average Bonchev–Trinajstić information content (AvgIpc) is 2.15. The predicted octanol–water partition coefficient (Wildman–Crippen LogP) is -1.39. The first-order chi connectivity index (χ1) is 7.66. The fourth-order valence-corrected chi connectivity index (χ4v) is 2.43. The zero-order chi connectivity index (χ0) is 13.6. The van der Waals surface area contributed by atoms with Gasteiger partial charge in [-0.3, -0.25) is 4.79 Å². The van der Waals surface area contributed by atoms with E-state index < -0.39 is 27.8 Å². The number of hydrogen-bond donors (Lipinski definition) is 2.